The minimum atomic E-state index is -1.60. The summed E-state index contributed by atoms with van der Waals surface area (Å²) in [5.74, 6) is 0.0471. The average molecular weight is 912 g/mol. The Kier molecular flexibility index (Phi) is 21.1. The summed E-state index contributed by atoms with van der Waals surface area (Å²) in [7, 11) is 0. The SMILES string of the molecule is CCC(=O)N(CCNC(=O)CCCc1cn(CCC[C@@H]2C[C@H](n3cc(C)c(=O)[nH]c3=O)O[C@@H]2CO)nn1)CCN(CCSCCC(=O)NC1C(O)OC(CO)[C@H](O)[C@@H]1O)C(=O)CC. The molecule has 3 unspecified atom stereocenters. The summed E-state index contributed by atoms with van der Waals surface area (Å²) in [6.45, 7) is 6.37. The Bertz CT molecular complexity index is 1900. The molecule has 0 spiro atoms. The van der Waals surface area contributed by atoms with Crippen LogP contribution in [-0.4, -0.2) is 178 Å². The fourth-order valence-electron chi connectivity index (χ4n) is 7.54. The molecule has 4 heterocycles. The first-order valence-electron chi connectivity index (χ1n) is 21.7. The van der Waals surface area contributed by atoms with Crippen LogP contribution in [0.15, 0.2) is 22.0 Å². The third-order valence-electron chi connectivity index (χ3n) is 11.2. The highest BCUT2D eigenvalue weighted by atomic mass is 32.2. The van der Waals surface area contributed by atoms with E-state index < -0.39 is 66.7 Å². The Hall–Kier alpha value is -4.23. The number of hydrogen-bond acceptors (Lipinski definition) is 16. The van der Waals surface area contributed by atoms with Crippen LogP contribution in [0.4, 0.5) is 0 Å². The third kappa shape index (κ3) is 15.5. The van der Waals surface area contributed by atoms with E-state index in [2.05, 4.69) is 25.9 Å². The van der Waals surface area contributed by atoms with Gasteiger partial charge in [-0.2, -0.15) is 11.8 Å². The van der Waals surface area contributed by atoms with E-state index in [-0.39, 0.29) is 75.6 Å². The van der Waals surface area contributed by atoms with Gasteiger partial charge in [-0.3, -0.25) is 38.2 Å². The maximum absolute atomic E-state index is 12.8. The number of ether oxygens (including phenoxy) is 2. The molecule has 2 aromatic heterocycles. The summed E-state index contributed by atoms with van der Waals surface area (Å²) in [5, 5.41) is 63.3. The summed E-state index contributed by atoms with van der Waals surface area (Å²) in [5.41, 5.74) is 0.143. The molecule has 0 radical (unpaired) electrons. The van der Waals surface area contributed by atoms with Crippen LogP contribution in [0.3, 0.4) is 0 Å². The number of hydrogen-bond donors (Lipinski definition) is 8. The van der Waals surface area contributed by atoms with Gasteiger partial charge in [-0.1, -0.05) is 19.1 Å². The number of aliphatic hydroxyl groups excluding tert-OH is 5. The number of thioether (sulfide) groups is 1. The molecule has 4 amide bonds. The van der Waals surface area contributed by atoms with Gasteiger partial charge in [-0.05, 0) is 44.9 Å². The van der Waals surface area contributed by atoms with Crippen molar-refractivity contribution in [3.05, 3.63) is 44.5 Å². The number of rotatable bonds is 26. The van der Waals surface area contributed by atoms with Crippen molar-refractivity contribution in [3.8, 4) is 0 Å². The topological polar surface area (TPSA) is 304 Å². The highest BCUT2D eigenvalue weighted by molar-refractivity contribution is 7.99. The normalized spacial score (nSPS) is 23.4. The van der Waals surface area contributed by atoms with Crippen molar-refractivity contribution in [3.63, 3.8) is 0 Å². The van der Waals surface area contributed by atoms with Gasteiger partial charge in [0.2, 0.25) is 23.6 Å². The third-order valence-corrected chi connectivity index (χ3v) is 12.2. The number of amides is 4. The summed E-state index contributed by atoms with van der Waals surface area (Å²) in [4.78, 5) is 80.4. The molecule has 0 aromatic carbocycles. The van der Waals surface area contributed by atoms with Gasteiger partial charge in [-0.15, -0.1) is 5.10 Å². The van der Waals surface area contributed by atoms with E-state index >= 15 is 0 Å². The lowest BCUT2D eigenvalue weighted by atomic mass is 9.95. The average Bonchev–Trinajstić information content (AvgIpc) is 3.91. The smallest absolute Gasteiger partial charge is 0.330 e. The minimum Gasteiger partial charge on any atom is -0.394 e. The number of carbonyl (C=O) groups excluding carboxylic acids is 4. The molecular weight excluding hydrogens is 847 g/mol. The highest BCUT2D eigenvalue weighted by Crippen LogP contribution is 2.35. The predicted octanol–water partition coefficient (Wildman–Crippen LogP) is -2.23. The van der Waals surface area contributed by atoms with Crippen LogP contribution in [0.2, 0.25) is 0 Å². The molecule has 0 aliphatic carbocycles. The predicted molar refractivity (Wildman–Crippen MR) is 228 cm³/mol. The Balaban J connectivity index is 1.11. The zero-order valence-corrected chi connectivity index (χ0v) is 37.1. The molecule has 2 saturated heterocycles. The van der Waals surface area contributed by atoms with Crippen LogP contribution in [0.5, 0.6) is 0 Å². The number of nitrogens with one attached hydrogen (secondary N) is 3. The van der Waals surface area contributed by atoms with E-state index in [9.17, 15) is 54.3 Å². The Morgan fingerprint density at radius 2 is 1.59 bits per heavy atom. The van der Waals surface area contributed by atoms with Gasteiger partial charge in [0, 0.05) is 94.4 Å². The van der Waals surface area contributed by atoms with Gasteiger partial charge < -0.3 is 55.4 Å². The molecule has 4 rings (SSSR count). The zero-order valence-electron chi connectivity index (χ0n) is 36.3. The fraction of sp³-hybridized carbons (Fsp3) is 0.750. The van der Waals surface area contributed by atoms with Gasteiger partial charge in [0.05, 0.1) is 25.0 Å². The van der Waals surface area contributed by atoms with Gasteiger partial charge in [0.25, 0.3) is 5.56 Å². The van der Waals surface area contributed by atoms with Crippen molar-refractivity contribution < 1.29 is 54.2 Å². The number of aliphatic hydroxyl groups is 5. The Morgan fingerprint density at radius 3 is 2.27 bits per heavy atom. The van der Waals surface area contributed by atoms with Crippen molar-refractivity contribution in [2.24, 2.45) is 5.92 Å². The Morgan fingerprint density at radius 1 is 0.889 bits per heavy atom. The van der Waals surface area contributed by atoms with E-state index in [4.69, 9.17) is 9.47 Å². The second-order valence-electron chi connectivity index (χ2n) is 15.8. The van der Waals surface area contributed by atoms with Crippen molar-refractivity contribution in [1.82, 2.24) is 45.0 Å². The molecule has 2 aromatic rings. The molecule has 22 nitrogen and oxygen atoms in total. The van der Waals surface area contributed by atoms with Crippen molar-refractivity contribution in [2.45, 2.75) is 128 Å². The lowest BCUT2D eigenvalue weighted by Crippen LogP contribution is -2.64. The number of aryl methyl sites for hydroxylation is 3. The van der Waals surface area contributed by atoms with Crippen molar-refractivity contribution in [1.29, 1.82) is 0 Å². The monoisotopic (exact) mass is 911 g/mol. The van der Waals surface area contributed by atoms with Crippen LogP contribution >= 0.6 is 11.8 Å². The second-order valence-corrected chi connectivity index (χ2v) is 17.0. The summed E-state index contributed by atoms with van der Waals surface area (Å²) in [6.07, 6.45) is 0.373. The quantitative estimate of drug-likeness (QED) is 0.0463. The summed E-state index contributed by atoms with van der Waals surface area (Å²) < 4.78 is 14.1. The van der Waals surface area contributed by atoms with E-state index in [0.29, 0.717) is 56.0 Å². The molecule has 2 aliphatic rings. The number of H-pyrrole nitrogens is 1. The second kappa shape index (κ2) is 25.9. The molecule has 0 bridgehead atoms. The molecule has 23 heteroatoms. The Labute approximate surface area is 369 Å². The number of carbonyl (C=O) groups is 4. The highest BCUT2D eigenvalue weighted by Gasteiger charge is 2.44. The molecule has 2 aliphatic heterocycles. The largest absolute Gasteiger partial charge is 0.394 e. The zero-order chi connectivity index (χ0) is 46.1. The lowest BCUT2D eigenvalue weighted by Gasteiger charge is -2.40. The molecule has 0 saturated carbocycles. The lowest BCUT2D eigenvalue weighted by molar-refractivity contribution is -0.253. The van der Waals surface area contributed by atoms with E-state index in [0.717, 1.165) is 18.5 Å². The molecule has 63 heavy (non-hydrogen) atoms. The first-order chi connectivity index (χ1) is 30.2. The molecule has 8 atom stereocenters. The minimum absolute atomic E-state index is 0.00352. The van der Waals surface area contributed by atoms with Crippen molar-refractivity contribution in [2.75, 3.05) is 57.4 Å². The first kappa shape index (κ1) is 51.4. The number of aromatic nitrogens is 5. The molecule has 8 N–H and O–H groups in total. The van der Waals surface area contributed by atoms with Crippen LogP contribution in [0.1, 0.15) is 82.7 Å². The maximum Gasteiger partial charge on any atom is 0.330 e. The van der Waals surface area contributed by atoms with Crippen LogP contribution in [0.25, 0.3) is 0 Å². The maximum atomic E-state index is 12.8. The van der Waals surface area contributed by atoms with Crippen LogP contribution in [-0.2, 0) is 41.6 Å². The van der Waals surface area contributed by atoms with Gasteiger partial charge in [-0.25, -0.2) is 4.79 Å². The first-order valence-corrected chi connectivity index (χ1v) is 22.8. The van der Waals surface area contributed by atoms with E-state index in [1.54, 1.807) is 35.3 Å². The molecule has 2 fully saturated rings. The van der Waals surface area contributed by atoms with E-state index in [1.165, 1.54) is 22.5 Å². The van der Waals surface area contributed by atoms with Gasteiger partial charge in [0.1, 0.15) is 30.6 Å². The van der Waals surface area contributed by atoms with Gasteiger partial charge >= 0.3 is 5.69 Å². The molecular formula is C40H65N9O13S. The summed E-state index contributed by atoms with van der Waals surface area (Å²) in [6, 6.07) is -1.26. The summed E-state index contributed by atoms with van der Waals surface area (Å²) >= 11 is 1.43. The van der Waals surface area contributed by atoms with E-state index in [1.807, 2.05) is 6.20 Å². The van der Waals surface area contributed by atoms with Crippen molar-refractivity contribution >= 4 is 35.4 Å². The van der Waals surface area contributed by atoms with Gasteiger partial charge in [0.15, 0.2) is 6.29 Å². The number of nitrogens with zero attached hydrogens (tertiary/aromatic N) is 6. The standard InChI is InChI=1S/C40H65N9O13S/c1-4-32(54)46(15-16-47(33(55)5-2)17-19-63-18-11-31(53)42-35-37(57)36(56)29(24-51)62-39(35)59)14-12-41-30(52)10-6-9-27-22-48(45-44-27)13-7-8-26-20-34(61-28(26)23-50)49-21-25(3)38(58)43-40(49)60/h21-22,26,28-29,34-37,39,50-51,56-57,59H,4-20,23-24H2,1-3H3,(H,41,52)(H,42,53)(H,43,58,60)/t26-,28-,29?,34-,35?,36+,37-,39?/m1/s1. The molecule has 354 valence electrons. The van der Waals surface area contributed by atoms with Crippen LogP contribution < -0.4 is 21.9 Å². The number of aromatic amines is 1. The fourth-order valence-corrected chi connectivity index (χ4v) is 8.43. The van der Waals surface area contributed by atoms with Crippen LogP contribution in [0, 0.1) is 12.8 Å².